The van der Waals surface area contributed by atoms with Crippen LogP contribution in [-0.4, -0.2) is 96.7 Å². The highest BCUT2D eigenvalue weighted by atomic mass is 31.2. The van der Waals surface area contributed by atoms with E-state index in [1.165, 1.54) is 173 Å². The standard InChI is InChI=1S/C71H138O17P2/c1-7-10-12-14-16-18-31-35-43-49-55-70(75)87-66(59-81-68(73)53-47-41-34-29-17-15-13-11-8-2)61-85-89(77,78)83-57-65(72)58-84-90(79,80)86-62-67(60-82-69(74)54-48-42-38-37-40-46-52-64(6)9-3)88-71(76)56-50-44-36-32-28-26-24-22-20-19-21-23-25-27-30-33-39-45-51-63(4)5/h63-67,72H,7-62H2,1-6H3,(H,77,78)(H,79,80)/t64?,65-,66+,67+/m0/s1. The highest BCUT2D eigenvalue weighted by molar-refractivity contribution is 7.47. The quantitative estimate of drug-likeness (QED) is 0.0222. The summed E-state index contributed by atoms with van der Waals surface area (Å²) in [6, 6.07) is 0. The van der Waals surface area contributed by atoms with Gasteiger partial charge in [0.1, 0.15) is 19.3 Å². The molecule has 0 fully saturated rings. The van der Waals surface area contributed by atoms with Crippen LogP contribution in [0, 0.1) is 11.8 Å². The molecule has 0 amide bonds. The van der Waals surface area contributed by atoms with Crippen molar-refractivity contribution >= 4 is 39.5 Å². The average Bonchev–Trinajstić information content (AvgIpc) is 3.65. The van der Waals surface area contributed by atoms with Crippen LogP contribution in [0.25, 0.3) is 0 Å². The van der Waals surface area contributed by atoms with Gasteiger partial charge in [0, 0.05) is 25.7 Å². The van der Waals surface area contributed by atoms with E-state index in [1.54, 1.807) is 0 Å². The van der Waals surface area contributed by atoms with Crippen LogP contribution in [-0.2, 0) is 65.4 Å². The van der Waals surface area contributed by atoms with E-state index >= 15 is 0 Å². The highest BCUT2D eigenvalue weighted by Crippen LogP contribution is 2.45. The summed E-state index contributed by atoms with van der Waals surface area (Å²) in [6.07, 6.45) is 48.7. The van der Waals surface area contributed by atoms with Crippen molar-refractivity contribution in [2.75, 3.05) is 39.6 Å². The van der Waals surface area contributed by atoms with Gasteiger partial charge in [-0.25, -0.2) is 9.13 Å². The number of hydrogen-bond donors (Lipinski definition) is 3. The molecule has 3 N–H and O–H groups in total. The first-order chi connectivity index (χ1) is 43.4. The first kappa shape index (κ1) is 88.1. The van der Waals surface area contributed by atoms with Gasteiger partial charge >= 0.3 is 39.5 Å². The Kier molecular flexibility index (Phi) is 61.8. The van der Waals surface area contributed by atoms with Gasteiger partial charge in [-0.3, -0.25) is 37.3 Å². The maximum Gasteiger partial charge on any atom is 0.472 e. The Balaban J connectivity index is 5.14. The molecule has 0 aliphatic rings. The number of phosphoric ester groups is 2. The second-order valence-corrected chi connectivity index (χ2v) is 29.3. The van der Waals surface area contributed by atoms with E-state index in [-0.39, 0.29) is 25.7 Å². The van der Waals surface area contributed by atoms with Crippen molar-refractivity contribution < 1.29 is 80.2 Å². The molecule has 0 bridgehead atoms. The molecular weight excluding hydrogens is 1190 g/mol. The van der Waals surface area contributed by atoms with Crippen LogP contribution in [0.3, 0.4) is 0 Å². The van der Waals surface area contributed by atoms with E-state index in [1.807, 2.05) is 0 Å². The first-order valence-corrected chi connectivity index (χ1v) is 40.0. The van der Waals surface area contributed by atoms with Crippen molar-refractivity contribution in [2.45, 2.75) is 381 Å². The minimum Gasteiger partial charge on any atom is -0.462 e. The van der Waals surface area contributed by atoms with E-state index < -0.39 is 97.5 Å². The number of carbonyl (C=O) groups excluding carboxylic acids is 4. The van der Waals surface area contributed by atoms with Gasteiger partial charge in [0.25, 0.3) is 0 Å². The van der Waals surface area contributed by atoms with Crippen molar-refractivity contribution in [1.29, 1.82) is 0 Å². The number of rotatable bonds is 70. The highest BCUT2D eigenvalue weighted by Gasteiger charge is 2.30. The monoisotopic (exact) mass is 1320 g/mol. The Morgan fingerprint density at radius 2 is 0.567 bits per heavy atom. The SMILES string of the molecule is CCCCCCCCCCCCC(=O)O[C@H](COC(=O)CCCCCCCCCCC)COP(=O)(O)OC[C@H](O)COP(=O)(O)OC[C@@H](COC(=O)CCCCCCCCC(C)CC)OC(=O)CCCCCCCCCCCCCCCCCCCCC(C)C. The zero-order valence-electron chi connectivity index (χ0n) is 58.4. The normalized spacial score (nSPS) is 14.4. The fraction of sp³-hybridized carbons (Fsp3) is 0.944. The molecule has 19 heteroatoms. The summed E-state index contributed by atoms with van der Waals surface area (Å²) >= 11 is 0. The van der Waals surface area contributed by atoms with E-state index in [0.717, 1.165) is 108 Å². The summed E-state index contributed by atoms with van der Waals surface area (Å²) in [6.45, 7) is 9.52. The number of hydrogen-bond acceptors (Lipinski definition) is 15. The Bertz CT molecular complexity index is 1750. The average molecular weight is 1330 g/mol. The van der Waals surface area contributed by atoms with Crippen molar-refractivity contribution in [3.05, 3.63) is 0 Å². The molecule has 0 heterocycles. The Morgan fingerprint density at radius 3 is 0.844 bits per heavy atom. The van der Waals surface area contributed by atoms with Crippen LogP contribution in [0.4, 0.5) is 0 Å². The minimum atomic E-state index is -4.95. The summed E-state index contributed by atoms with van der Waals surface area (Å²) in [4.78, 5) is 72.4. The molecule has 0 spiro atoms. The van der Waals surface area contributed by atoms with Crippen LogP contribution >= 0.6 is 15.6 Å². The van der Waals surface area contributed by atoms with Gasteiger partial charge in [-0.15, -0.1) is 0 Å². The van der Waals surface area contributed by atoms with Crippen molar-refractivity contribution in [1.82, 2.24) is 0 Å². The van der Waals surface area contributed by atoms with Crippen LogP contribution in [0.5, 0.6) is 0 Å². The molecule has 0 aromatic rings. The fourth-order valence-corrected chi connectivity index (χ4v) is 12.3. The van der Waals surface area contributed by atoms with Gasteiger partial charge in [-0.2, -0.15) is 0 Å². The molecule has 0 aliphatic heterocycles. The smallest absolute Gasteiger partial charge is 0.462 e. The van der Waals surface area contributed by atoms with Crippen LogP contribution < -0.4 is 0 Å². The van der Waals surface area contributed by atoms with Gasteiger partial charge in [-0.05, 0) is 37.5 Å². The number of aliphatic hydroxyl groups excluding tert-OH is 1. The maximum atomic E-state index is 13.0. The summed E-state index contributed by atoms with van der Waals surface area (Å²) < 4.78 is 68.2. The zero-order chi connectivity index (χ0) is 66.5. The van der Waals surface area contributed by atoms with Gasteiger partial charge in [0.2, 0.25) is 0 Å². The first-order valence-electron chi connectivity index (χ1n) is 37.0. The lowest BCUT2D eigenvalue weighted by Crippen LogP contribution is -2.30. The van der Waals surface area contributed by atoms with E-state index in [9.17, 15) is 43.2 Å². The number of esters is 4. The number of carbonyl (C=O) groups is 4. The molecule has 90 heavy (non-hydrogen) atoms. The third-order valence-corrected chi connectivity index (χ3v) is 18.7. The van der Waals surface area contributed by atoms with E-state index in [2.05, 4.69) is 41.5 Å². The summed E-state index contributed by atoms with van der Waals surface area (Å²) in [5.41, 5.74) is 0. The van der Waals surface area contributed by atoms with Crippen molar-refractivity contribution in [3.8, 4) is 0 Å². The predicted octanol–water partition coefficient (Wildman–Crippen LogP) is 20.4. The fourth-order valence-electron chi connectivity index (χ4n) is 10.7. The molecule has 0 aliphatic carbocycles. The Labute approximate surface area is 549 Å². The molecule has 534 valence electrons. The van der Waals surface area contributed by atoms with E-state index in [4.69, 9.17) is 37.0 Å². The molecule has 0 aromatic carbocycles. The second kappa shape index (κ2) is 63.1. The molecule has 0 rings (SSSR count). The largest absolute Gasteiger partial charge is 0.472 e. The molecule has 17 nitrogen and oxygen atoms in total. The molecule has 0 saturated heterocycles. The van der Waals surface area contributed by atoms with Gasteiger partial charge in [-0.1, -0.05) is 311 Å². The lowest BCUT2D eigenvalue weighted by molar-refractivity contribution is -0.161. The third-order valence-electron chi connectivity index (χ3n) is 16.8. The second-order valence-electron chi connectivity index (χ2n) is 26.3. The Morgan fingerprint density at radius 1 is 0.322 bits per heavy atom. The lowest BCUT2D eigenvalue weighted by atomic mass is 10.00. The number of unbranched alkanes of at least 4 members (excludes halogenated alkanes) is 39. The molecule has 0 saturated carbocycles. The zero-order valence-corrected chi connectivity index (χ0v) is 60.2. The topological polar surface area (TPSA) is 237 Å². The van der Waals surface area contributed by atoms with Crippen LogP contribution in [0.15, 0.2) is 0 Å². The summed E-state index contributed by atoms with van der Waals surface area (Å²) in [5.74, 6) is -0.575. The van der Waals surface area contributed by atoms with Crippen LogP contribution in [0.1, 0.15) is 363 Å². The lowest BCUT2D eigenvalue weighted by Gasteiger charge is -2.21. The molecule has 0 aromatic heterocycles. The van der Waals surface area contributed by atoms with Gasteiger partial charge in [0.15, 0.2) is 12.2 Å². The summed E-state index contributed by atoms with van der Waals surface area (Å²) in [5, 5.41) is 10.6. The molecule has 6 atom stereocenters. The van der Waals surface area contributed by atoms with Crippen molar-refractivity contribution in [2.24, 2.45) is 11.8 Å². The third kappa shape index (κ3) is 63.5. The van der Waals surface area contributed by atoms with Crippen molar-refractivity contribution in [3.63, 3.8) is 0 Å². The van der Waals surface area contributed by atoms with Gasteiger partial charge in [0.05, 0.1) is 26.4 Å². The maximum absolute atomic E-state index is 13.0. The number of phosphoric acid groups is 2. The number of aliphatic hydroxyl groups is 1. The molecular formula is C71H138O17P2. The molecule has 3 unspecified atom stereocenters. The predicted molar refractivity (Wildman–Crippen MR) is 363 cm³/mol. The minimum absolute atomic E-state index is 0.106. The number of ether oxygens (including phenoxy) is 4. The van der Waals surface area contributed by atoms with E-state index in [0.29, 0.717) is 25.7 Å². The van der Waals surface area contributed by atoms with Gasteiger partial charge < -0.3 is 33.8 Å². The van der Waals surface area contributed by atoms with Crippen LogP contribution in [0.2, 0.25) is 0 Å². The molecule has 0 radical (unpaired) electrons. The summed E-state index contributed by atoms with van der Waals surface area (Å²) in [7, 11) is -9.90. The Hall–Kier alpha value is -1.94.